The van der Waals surface area contributed by atoms with Gasteiger partial charge in [0.05, 0.1) is 12.5 Å². The van der Waals surface area contributed by atoms with Gasteiger partial charge < -0.3 is 38.3 Å². The van der Waals surface area contributed by atoms with Gasteiger partial charge in [-0.15, -0.1) is 0 Å². The molecular weight excluding hydrogens is 448 g/mol. The second-order valence-electron chi connectivity index (χ2n) is 8.34. The number of hydrogen-bond donors (Lipinski definition) is 1. The maximum atomic E-state index is 12.2. The number of fused-ring (bicyclic) bond motifs is 2. The summed E-state index contributed by atoms with van der Waals surface area (Å²) >= 11 is 0. The molecule has 0 aromatic heterocycles. The summed E-state index contributed by atoms with van der Waals surface area (Å²) in [5.74, 6) is 0.226. The van der Waals surface area contributed by atoms with Crippen molar-refractivity contribution < 1.29 is 47.9 Å². The molecule has 2 aromatic rings. The average Bonchev–Trinajstić information content (AvgIpc) is 3.46. The van der Waals surface area contributed by atoms with E-state index in [-0.39, 0.29) is 20.2 Å². The second kappa shape index (κ2) is 8.69. The Morgan fingerprint density at radius 1 is 0.912 bits per heavy atom. The molecule has 0 aliphatic carbocycles. The molecule has 3 aliphatic rings. The summed E-state index contributed by atoms with van der Waals surface area (Å²) in [5.41, 5.74) is -0.615. The molecule has 4 atom stereocenters. The van der Waals surface area contributed by atoms with Crippen molar-refractivity contribution in [1.29, 1.82) is 0 Å². The highest BCUT2D eigenvalue weighted by Crippen LogP contribution is 2.50. The number of esters is 2. The highest BCUT2D eigenvalue weighted by atomic mass is 16.7. The van der Waals surface area contributed by atoms with Crippen LogP contribution in [0.2, 0.25) is 0 Å². The van der Waals surface area contributed by atoms with Gasteiger partial charge in [-0.1, -0.05) is 12.1 Å². The van der Waals surface area contributed by atoms with Crippen molar-refractivity contribution in [2.24, 2.45) is 0 Å². The molecule has 10 heteroatoms. The van der Waals surface area contributed by atoms with E-state index in [0.717, 1.165) is 0 Å². The van der Waals surface area contributed by atoms with Gasteiger partial charge in [0.25, 0.3) is 0 Å². The van der Waals surface area contributed by atoms with Gasteiger partial charge in [0.1, 0.15) is 24.4 Å². The lowest BCUT2D eigenvalue weighted by molar-refractivity contribution is -0.226. The first kappa shape index (κ1) is 22.3. The fourth-order valence-corrected chi connectivity index (χ4v) is 4.69. The largest absolute Gasteiger partial charge is 0.463 e. The number of rotatable bonds is 5. The van der Waals surface area contributed by atoms with Crippen LogP contribution in [-0.2, 0) is 23.8 Å². The van der Waals surface area contributed by atoms with E-state index in [0.29, 0.717) is 34.1 Å². The Kier molecular flexibility index (Phi) is 5.70. The Hall–Kier alpha value is -3.50. The summed E-state index contributed by atoms with van der Waals surface area (Å²) in [6.45, 7) is 2.31. The van der Waals surface area contributed by atoms with Gasteiger partial charge in [-0.3, -0.25) is 9.59 Å². The molecule has 3 aliphatic heterocycles. The number of aliphatic hydroxyl groups is 1. The SMILES string of the molecule is CC(=O)OC[C@]1(O)[C@@H](c2ccc3c(c2)OCO3)OC[C@@H](OC(C)=O)[C@H]1c1ccc2c(c1)OCO2. The predicted octanol–water partition coefficient (Wildman–Crippen LogP) is 2.22. The topological polar surface area (TPSA) is 119 Å². The molecule has 0 unspecified atom stereocenters. The Balaban J connectivity index is 1.60. The maximum absolute atomic E-state index is 12.2. The van der Waals surface area contributed by atoms with E-state index >= 15 is 0 Å². The molecule has 2 aromatic carbocycles. The number of ether oxygens (including phenoxy) is 7. The predicted molar refractivity (Wildman–Crippen MR) is 114 cm³/mol. The Morgan fingerprint density at radius 3 is 2.12 bits per heavy atom. The quantitative estimate of drug-likeness (QED) is 0.649. The van der Waals surface area contributed by atoms with E-state index in [9.17, 15) is 14.7 Å². The van der Waals surface area contributed by atoms with Crippen LogP contribution in [0.4, 0.5) is 0 Å². The van der Waals surface area contributed by atoms with Crippen LogP contribution in [0.1, 0.15) is 37.0 Å². The van der Waals surface area contributed by atoms with Crippen LogP contribution in [0.3, 0.4) is 0 Å². The monoisotopic (exact) mass is 472 g/mol. The summed E-state index contributed by atoms with van der Waals surface area (Å²) in [6.07, 6.45) is -1.80. The highest BCUT2D eigenvalue weighted by molar-refractivity contribution is 5.67. The molecule has 0 saturated carbocycles. The number of carbonyl (C=O) groups excluding carboxylic acids is 2. The number of benzene rings is 2. The van der Waals surface area contributed by atoms with Gasteiger partial charge in [-0.05, 0) is 35.4 Å². The lowest BCUT2D eigenvalue weighted by Gasteiger charge is -2.48. The molecule has 0 radical (unpaired) electrons. The van der Waals surface area contributed by atoms with E-state index < -0.39 is 42.3 Å². The first-order valence-corrected chi connectivity index (χ1v) is 10.8. The zero-order chi connectivity index (χ0) is 23.9. The molecule has 1 N–H and O–H groups in total. The van der Waals surface area contributed by atoms with Crippen LogP contribution in [0.15, 0.2) is 36.4 Å². The third-order valence-electron chi connectivity index (χ3n) is 6.07. The zero-order valence-electron chi connectivity index (χ0n) is 18.6. The number of carbonyl (C=O) groups is 2. The lowest BCUT2D eigenvalue weighted by Crippen LogP contribution is -2.57. The summed E-state index contributed by atoms with van der Waals surface area (Å²) in [5, 5.41) is 12.2. The smallest absolute Gasteiger partial charge is 0.303 e. The van der Waals surface area contributed by atoms with Crippen LogP contribution >= 0.6 is 0 Å². The standard InChI is InChI=1S/C24H24O10/c1-13(25)29-10-24(27)22(15-3-5-17-19(7-15)32-11-30-17)21(34-14(2)26)9-28-23(24)16-4-6-18-20(8-16)33-12-31-18/h3-8,21-23,27H,9-12H2,1-2H3/t21-,22-,23-,24-/m1/s1. The Morgan fingerprint density at radius 2 is 1.50 bits per heavy atom. The fourth-order valence-electron chi connectivity index (χ4n) is 4.69. The minimum atomic E-state index is -1.81. The minimum Gasteiger partial charge on any atom is -0.463 e. The van der Waals surface area contributed by atoms with Gasteiger partial charge >= 0.3 is 11.9 Å². The minimum absolute atomic E-state index is 0.000177. The van der Waals surface area contributed by atoms with Crippen molar-refractivity contribution in [2.75, 3.05) is 26.8 Å². The number of hydrogen-bond acceptors (Lipinski definition) is 10. The first-order valence-electron chi connectivity index (χ1n) is 10.8. The molecular formula is C24H24O10. The van der Waals surface area contributed by atoms with Crippen molar-refractivity contribution in [1.82, 2.24) is 0 Å². The van der Waals surface area contributed by atoms with Gasteiger partial charge in [-0.25, -0.2) is 0 Å². The zero-order valence-corrected chi connectivity index (χ0v) is 18.6. The van der Waals surface area contributed by atoms with Crippen LogP contribution in [0.25, 0.3) is 0 Å². The van der Waals surface area contributed by atoms with Crippen molar-refractivity contribution in [2.45, 2.75) is 37.6 Å². The molecule has 180 valence electrons. The lowest BCUT2D eigenvalue weighted by atomic mass is 9.71. The van der Waals surface area contributed by atoms with Gasteiger partial charge in [0.15, 0.2) is 23.0 Å². The molecule has 1 saturated heterocycles. The molecule has 34 heavy (non-hydrogen) atoms. The molecule has 0 spiro atoms. The molecule has 1 fully saturated rings. The van der Waals surface area contributed by atoms with Crippen molar-refractivity contribution >= 4 is 11.9 Å². The van der Waals surface area contributed by atoms with E-state index in [2.05, 4.69) is 0 Å². The van der Waals surface area contributed by atoms with Crippen LogP contribution in [0, 0.1) is 0 Å². The van der Waals surface area contributed by atoms with Gasteiger partial charge in [0, 0.05) is 13.8 Å². The van der Waals surface area contributed by atoms with Crippen molar-refractivity contribution in [3.8, 4) is 23.0 Å². The van der Waals surface area contributed by atoms with Crippen LogP contribution in [-0.4, -0.2) is 55.5 Å². The summed E-state index contributed by atoms with van der Waals surface area (Å²) < 4.78 is 38.7. The van der Waals surface area contributed by atoms with Crippen molar-refractivity contribution in [3.05, 3.63) is 47.5 Å². The maximum Gasteiger partial charge on any atom is 0.303 e. The average molecular weight is 472 g/mol. The summed E-state index contributed by atoms with van der Waals surface area (Å²) in [4.78, 5) is 23.7. The third kappa shape index (κ3) is 3.99. The normalized spacial score (nSPS) is 26.7. The molecule has 5 rings (SSSR count). The van der Waals surface area contributed by atoms with E-state index in [4.69, 9.17) is 33.2 Å². The van der Waals surface area contributed by atoms with Crippen LogP contribution in [0.5, 0.6) is 23.0 Å². The Bertz CT molecular complexity index is 1110. The van der Waals surface area contributed by atoms with E-state index in [1.54, 1.807) is 36.4 Å². The molecule has 10 nitrogen and oxygen atoms in total. The van der Waals surface area contributed by atoms with E-state index in [1.165, 1.54) is 13.8 Å². The summed E-state index contributed by atoms with van der Waals surface area (Å²) in [6, 6.07) is 10.4. The summed E-state index contributed by atoms with van der Waals surface area (Å²) in [7, 11) is 0. The highest BCUT2D eigenvalue weighted by Gasteiger charge is 2.55. The van der Waals surface area contributed by atoms with E-state index in [1.807, 2.05) is 0 Å². The third-order valence-corrected chi connectivity index (χ3v) is 6.07. The molecule has 0 amide bonds. The van der Waals surface area contributed by atoms with Gasteiger partial charge in [0.2, 0.25) is 13.6 Å². The van der Waals surface area contributed by atoms with Crippen LogP contribution < -0.4 is 18.9 Å². The van der Waals surface area contributed by atoms with Crippen molar-refractivity contribution in [3.63, 3.8) is 0 Å². The molecule has 0 bridgehead atoms. The second-order valence-corrected chi connectivity index (χ2v) is 8.34. The Labute approximate surface area is 195 Å². The van der Waals surface area contributed by atoms with Gasteiger partial charge in [-0.2, -0.15) is 0 Å². The first-order chi connectivity index (χ1) is 16.3. The molecule has 3 heterocycles. The fraction of sp³-hybridized carbons (Fsp3) is 0.417.